The van der Waals surface area contributed by atoms with Gasteiger partial charge in [0.15, 0.2) is 0 Å². The number of urea groups is 1. The normalized spacial score (nSPS) is 20.3. The molecule has 1 aliphatic rings. The molecule has 1 saturated heterocycles. The van der Waals surface area contributed by atoms with Crippen molar-refractivity contribution in [2.24, 2.45) is 11.8 Å². The summed E-state index contributed by atoms with van der Waals surface area (Å²) < 4.78 is 5.42. The summed E-state index contributed by atoms with van der Waals surface area (Å²) in [5.41, 5.74) is 1.23. The third kappa shape index (κ3) is 3.50. The molecule has 3 rings (SSSR count). The molecule has 1 heterocycles. The second-order valence-corrected chi connectivity index (χ2v) is 6.67. The minimum absolute atomic E-state index is 0.236. The summed E-state index contributed by atoms with van der Waals surface area (Å²) in [6.07, 6.45) is 0. The van der Waals surface area contributed by atoms with Crippen molar-refractivity contribution >= 4 is 22.8 Å². The lowest BCUT2D eigenvalue weighted by molar-refractivity contribution is -0.149. The smallest absolute Gasteiger partial charge is 0.319 e. The molecule has 1 fully saturated rings. The Balaban J connectivity index is 2.01. The van der Waals surface area contributed by atoms with Gasteiger partial charge in [0.2, 0.25) is 0 Å². The number of esters is 1. The number of carbonyl (C=O) groups is 2. The average molecular weight is 338 g/mol. The summed E-state index contributed by atoms with van der Waals surface area (Å²) in [6, 6.07) is 12.8. The Hall–Kier alpha value is -2.82. The molecule has 0 radical (unpaired) electrons. The van der Waals surface area contributed by atoms with E-state index in [-0.39, 0.29) is 17.9 Å². The van der Waals surface area contributed by atoms with Crippen molar-refractivity contribution in [2.75, 3.05) is 6.61 Å². The van der Waals surface area contributed by atoms with Crippen LogP contribution in [0.25, 0.3) is 10.8 Å². The van der Waals surface area contributed by atoms with E-state index in [1.807, 2.05) is 56.3 Å². The van der Waals surface area contributed by atoms with Crippen molar-refractivity contribution in [3.63, 3.8) is 0 Å². The number of fused-ring (bicyclic) bond motifs is 1. The Morgan fingerprint density at radius 3 is 2.68 bits per heavy atom. The number of hydrogen-bond donors (Lipinski definition) is 2. The molecule has 5 nitrogen and oxygen atoms in total. The standard InChI is InChI=1S/C20H22N2O3/c1-12(2)11-25-19(23)17-13(3)21-20(24)22-18(17)16-10-6-8-14-7-4-5-9-15(14)16/h4-10,12,17-18H,3,11H2,1-2H3,(H2,21,22,24). The third-order valence-electron chi connectivity index (χ3n) is 4.24. The highest BCUT2D eigenvalue weighted by atomic mass is 16.5. The number of hydrogen-bond acceptors (Lipinski definition) is 3. The van der Waals surface area contributed by atoms with Gasteiger partial charge in [0, 0.05) is 5.70 Å². The zero-order chi connectivity index (χ0) is 18.0. The third-order valence-corrected chi connectivity index (χ3v) is 4.24. The van der Waals surface area contributed by atoms with Crippen LogP contribution in [0.3, 0.4) is 0 Å². The van der Waals surface area contributed by atoms with Crippen LogP contribution in [-0.4, -0.2) is 18.6 Å². The van der Waals surface area contributed by atoms with Crippen molar-refractivity contribution < 1.29 is 14.3 Å². The molecular weight excluding hydrogens is 316 g/mol. The number of nitrogens with one attached hydrogen (secondary N) is 2. The van der Waals surface area contributed by atoms with Gasteiger partial charge in [-0.05, 0) is 22.3 Å². The van der Waals surface area contributed by atoms with Gasteiger partial charge in [0.25, 0.3) is 0 Å². The summed E-state index contributed by atoms with van der Waals surface area (Å²) >= 11 is 0. The number of ether oxygens (including phenoxy) is 1. The first-order valence-corrected chi connectivity index (χ1v) is 8.38. The van der Waals surface area contributed by atoms with Crippen LogP contribution in [0, 0.1) is 11.8 Å². The van der Waals surface area contributed by atoms with Crippen molar-refractivity contribution in [2.45, 2.75) is 19.9 Å². The van der Waals surface area contributed by atoms with Gasteiger partial charge in [-0.3, -0.25) is 4.79 Å². The quantitative estimate of drug-likeness (QED) is 0.838. The molecule has 0 aliphatic carbocycles. The Morgan fingerprint density at radius 2 is 1.92 bits per heavy atom. The lowest BCUT2D eigenvalue weighted by Gasteiger charge is -2.34. The van der Waals surface area contributed by atoms with Crippen molar-refractivity contribution in [1.29, 1.82) is 0 Å². The van der Waals surface area contributed by atoms with E-state index in [9.17, 15) is 9.59 Å². The van der Waals surface area contributed by atoms with E-state index in [2.05, 4.69) is 17.2 Å². The number of rotatable bonds is 4. The fourth-order valence-electron chi connectivity index (χ4n) is 3.08. The molecule has 5 heteroatoms. The topological polar surface area (TPSA) is 67.4 Å². The number of benzene rings is 2. The van der Waals surface area contributed by atoms with Crippen molar-refractivity contribution in [3.05, 3.63) is 60.3 Å². The van der Waals surface area contributed by atoms with Gasteiger partial charge in [-0.25, -0.2) is 4.79 Å². The van der Waals surface area contributed by atoms with Crippen LogP contribution in [0.2, 0.25) is 0 Å². The molecule has 2 aromatic rings. The van der Waals surface area contributed by atoms with Gasteiger partial charge < -0.3 is 15.4 Å². The molecule has 0 aromatic heterocycles. The van der Waals surface area contributed by atoms with E-state index >= 15 is 0 Å². The highest BCUT2D eigenvalue weighted by molar-refractivity contribution is 5.90. The van der Waals surface area contributed by atoms with E-state index < -0.39 is 12.0 Å². The lowest BCUT2D eigenvalue weighted by atomic mass is 9.86. The first kappa shape index (κ1) is 17.0. The van der Waals surface area contributed by atoms with Gasteiger partial charge >= 0.3 is 12.0 Å². The SMILES string of the molecule is C=C1NC(=O)NC(c2cccc3ccccc23)C1C(=O)OCC(C)C. The zero-order valence-electron chi connectivity index (χ0n) is 14.4. The Labute approximate surface area is 147 Å². The lowest BCUT2D eigenvalue weighted by Crippen LogP contribution is -2.51. The van der Waals surface area contributed by atoms with E-state index in [1.54, 1.807) is 0 Å². The van der Waals surface area contributed by atoms with E-state index in [1.165, 1.54) is 0 Å². The predicted octanol–water partition coefficient (Wildman–Crippen LogP) is 3.52. The minimum atomic E-state index is -0.678. The van der Waals surface area contributed by atoms with Gasteiger partial charge in [0.05, 0.1) is 12.6 Å². The van der Waals surface area contributed by atoms with Crippen LogP contribution >= 0.6 is 0 Å². The molecule has 0 saturated carbocycles. The number of amides is 2. The molecule has 0 spiro atoms. The fourth-order valence-corrected chi connectivity index (χ4v) is 3.08. The van der Waals surface area contributed by atoms with E-state index in [0.29, 0.717) is 12.3 Å². The molecule has 2 N–H and O–H groups in total. The first-order chi connectivity index (χ1) is 12.0. The van der Waals surface area contributed by atoms with E-state index in [0.717, 1.165) is 16.3 Å². The van der Waals surface area contributed by atoms with Gasteiger partial charge in [-0.2, -0.15) is 0 Å². The van der Waals surface area contributed by atoms with E-state index in [4.69, 9.17) is 4.74 Å². The molecule has 2 unspecified atom stereocenters. The van der Waals surface area contributed by atoms with Crippen molar-refractivity contribution in [3.8, 4) is 0 Å². The molecule has 130 valence electrons. The molecule has 0 bridgehead atoms. The molecule has 1 aliphatic heterocycles. The maximum absolute atomic E-state index is 12.7. The Morgan fingerprint density at radius 1 is 1.20 bits per heavy atom. The molecule has 2 aromatic carbocycles. The monoisotopic (exact) mass is 338 g/mol. The summed E-state index contributed by atoms with van der Waals surface area (Å²) in [4.78, 5) is 24.7. The summed E-state index contributed by atoms with van der Waals surface area (Å²) in [5, 5.41) is 7.50. The largest absolute Gasteiger partial charge is 0.465 e. The highest BCUT2D eigenvalue weighted by Crippen LogP contribution is 2.34. The van der Waals surface area contributed by atoms with Crippen molar-refractivity contribution in [1.82, 2.24) is 10.6 Å². The van der Waals surface area contributed by atoms with Gasteiger partial charge in [-0.15, -0.1) is 0 Å². The molecular formula is C20H22N2O3. The van der Waals surface area contributed by atoms with Gasteiger partial charge in [0.1, 0.15) is 5.92 Å². The van der Waals surface area contributed by atoms with Crippen LogP contribution in [0.5, 0.6) is 0 Å². The van der Waals surface area contributed by atoms with Crippen LogP contribution in [0.4, 0.5) is 4.79 Å². The average Bonchev–Trinajstić information content (AvgIpc) is 2.58. The summed E-state index contributed by atoms with van der Waals surface area (Å²) in [5.74, 6) is -0.828. The Kier molecular flexibility index (Phi) is 4.74. The van der Waals surface area contributed by atoms with Crippen LogP contribution < -0.4 is 10.6 Å². The zero-order valence-corrected chi connectivity index (χ0v) is 14.4. The summed E-state index contributed by atoms with van der Waals surface area (Å²) in [7, 11) is 0. The maximum Gasteiger partial charge on any atom is 0.319 e. The minimum Gasteiger partial charge on any atom is -0.465 e. The van der Waals surface area contributed by atoms with Crippen LogP contribution in [-0.2, 0) is 9.53 Å². The second kappa shape index (κ2) is 6.97. The Bertz CT molecular complexity index is 823. The highest BCUT2D eigenvalue weighted by Gasteiger charge is 2.39. The van der Waals surface area contributed by atoms with Crippen LogP contribution in [0.15, 0.2) is 54.7 Å². The second-order valence-electron chi connectivity index (χ2n) is 6.67. The molecule has 2 atom stereocenters. The molecule has 2 amide bonds. The summed E-state index contributed by atoms with van der Waals surface area (Å²) in [6.45, 7) is 8.16. The predicted molar refractivity (Wildman–Crippen MR) is 96.8 cm³/mol. The number of carbonyl (C=O) groups excluding carboxylic acids is 2. The van der Waals surface area contributed by atoms with Crippen LogP contribution in [0.1, 0.15) is 25.5 Å². The maximum atomic E-state index is 12.7. The van der Waals surface area contributed by atoms with Gasteiger partial charge in [-0.1, -0.05) is 62.9 Å². The first-order valence-electron chi connectivity index (χ1n) is 8.38. The fraction of sp³-hybridized carbons (Fsp3) is 0.300. The molecule has 25 heavy (non-hydrogen) atoms.